The molecule has 0 bridgehead atoms. The molecule has 0 fully saturated rings. The van der Waals surface area contributed by atoms with Crippen molar-refractivity contribution in [3.05, 3.63) is 51.4 Å². The molecule has 0 unspecified atom stereocenters. The Hall–Kier alpha value is -2.26. The zero-order chi connectivity index (χ0) is 15.7. The lowest BCUT2D eigenvalue weighted by Gasteiger charge is -2.00. The molecule has 0 spiro atoms. The van der Waals surface area contributed by atoms with Gasteiger partial charge in [-0.2, -0.15) is 0 Å². The van der Waals surface area contributed by atoms with Crippen molar-refractivity contribution in [1.29, 1.82) is 0 Å². The van der Waals surface area contributed by atoms with Crippen LogP contribution in [0, 0.1) is 5.82 Å². The maximum absolute atomic E-state index is 12.9. The molecule has 3 N–H and O–H groups in total. The number of ketones is 1. The minimum absolute atomic E-state index is 0.0653. The minimum atomic E-state index is -0.402. The first-order valence-corrected chi connectivity index (χ1v) is 7.59. The molecule has 6 nitrogen and oxygen atoms in total. The van der Waals surface area contributed by atoms with Gasteiger partial charge < -0.3 is 15.6 Å². The molecule has 112 valence electrons. The highest BCUT2D eigenvalue weighted by Gasteiger charge is 2.21. The first-order valence-electron chi connectivity index (χ1n) is 5.99. The van der Waals surface area contributed by atoms with Gasteiger partial charge in [0.2, 0.25) is 11.5 Å². The fourth-order valence-electron chi connectivity index (χ4n) is 1.68. The van der Waals surface area contributed by atoms with E-state index in [2.05, 4.69) is 31.4 Å². The monoisotopic (exact) mass is 382 g/mol. The summed E-state index contributed by atoms with van der Waals surface area (Å²) >= 11 is 4.18. The average molecular weight is 383 g/mol. The van der Waals surface area contributed by atoms with Crippen LogP contribution in [-0.4, -0.2) is 15.9 Å². The quantitative estimate of drug-likeness (QED) is 0.669. The lowest BCUT2D eigenvalue weighted by atomic mass is 10.2. The van der Waals surface area contributed by atoms with Crippen molar-refractivity contribution in [3.8, 4) is 0 Å². The van der Waals surface area contributed by atoms with E-state index in [1.807, 2.05) is 0 Å². The number of thiazole rings is 1. The second-order valence-electron chi connectivity index (χ2n) is 4.21. The maximum Gasteiger partial charge on any atom is 0.244 e. The predicted octanol–water partition coefficient (Wildman–Crippen LogP) is 3.59. The molecule has 3 aromatic rings. The number of carbonyl (C=O) groups is 1. The largest absolute Gasteiger partial charge is 0.382 e. The Bertz CT molecular complexity index is 831. The van der Waals surface area contributed by atoms with E-state index < -0.39 is 5.78 Å². The molecule has 0 atom stereocenters. The van der Waals surface area contributed by atoms with Crippen molar-refractivity contribution in [3.63, 3.8) is 0 Å². The number of anilines is 3. The van der Waals surface area contributed by atoms with Crippen LogP contribution in [0.15, 0.2) is 39.5 Å². The molecular weight excluding hydrogens is 375 g/mol. The Balaban J connectivity index is 1.84. The van der Waals surface area contributed by atoms with Gasteiger partial charge in [-0.15, -0.1) is 0 Å². The van der Waals surface area contributed by atoms with Crippen LogP contribution >= 0.6 is 27.3 Å². The summed E-state index contributed by atoms with van der Waals surface area (Å²) in [6.07, 6.45) is 0. The molecule has 0 radical (unpaired) electrons. The Morgan fingerprint density at radius 1 is 1.36 bits per heavy atom. The van der Waals surface area contributed by atoms with E-state index in [1.54, 1.807) is 12.1 Å². The number of hydrogen-bond acceptors (Lipinski definition) is 7. The zero-order valence-electron chi connectivity index (χ0n) is 10.8. The van der Waals surface area contributed by atoms with Gasteiger partial charge in [-0.3, -0.25) is 4.79 Å². The fourth-order valence-corrected chi connectivity index (χ4v) is 2.81. The number of hydrogen-bond donors (Lipinski definition) is 2. The van der Waals surface area contributed by atoms with Crippen LogP contribution in [0.4, 0.5) is 21.0 Å². The summed E-state index contributed by atoms with van der Waals surface area (Å²) < 4.78 is 18.2. The van der Waals surface area contributed by atoms with Crippen LogP contribution in [0.2, 0.25) is 0 Å². The van der Waals surface area contributed by atoms with E-state index >= 15 is 0 Å². The smallest absolute Gasteiger partial charge is 0.244 e. The highest BCUT2D eigenvalue weighted by atomic mass is 79.9. The van der Waals surface area contributed by atoms with Gasteiger partial charge in [0.1, 0.15) is 21.1 Å². The first kappa shape index (κ1) is 14.7. The maximum atomic E-state index is 12.9. The number of halogens is 2. The van der Waals surface area contributed by atoms with Gasteiger partial charge in [-0.05, 0) is 40.2 Å². The first-order chi connectivity index (χ1) is 10.5. The van der Waals surface area contributed by atoms with Gasteiger partial charge in [0, 0.05) is 11.8 Å². The summed E-state index contributed by atoms with van der Waals surface area (Å²) in [6.45, 7) is 0. The molecule has 2 aromatic heterocycles. The van der Waals surface area contributed by atoms with Crippen LogP contribution in [0.25, 0.3) is 0 Å². The summed E-state index contributed by atoms with van der Waals surface area (Å²) in [5.74, 6) is -0.584. The standard InChI is InChI=1S/C13H8BrFN4O2S/c14-9-5-8(21-19-9)10(20)11-12(16)18-13(22-11)17-7-3-1-6(15)2-4-7/h1-5H,16H2,(H,17,18). The normalized spacial score (nSPS) is 10.6. The van der Waals surface area contributed by atoms with Gasteiger partial charge in [0.25, 0.3) is 0 Å². The number of carbonyl (C=O) groups excluding carboxylic acids is 1. The number of rotatable bonds is 4. The van der Waals surface area contributed by atoms with E-state index in [-0.39, 0.29) is 22.3 Å². The molecular formula is C13H8BrFN4O2S. The molecule has 0 saturated heterocycles. The Morgan fingerprint density at radius 3 is 2.73 bits per heavy atom. The van der Waals surface area contributed by atoms with E-state index in [0.29, 0.717) is 15.4 Å². The van der Waals surface area contributed by atoms with Gasteiger partial charge in [0.15, 0.2) is 5.13 Å². The summed E-state index contributed by atoms with van der Waals surface area (Å²) in [6, 6.07) is 7.20. The third-order valence-corrected chi connectivity index (χ3v) is 4.02. The van der Waals surface area contributed by atoms with Crippen LogP contribution < -0.4 is 11.1 Å². The molecule has 3 rings (SSSR count). The minimum Gasteiger partial charge on any atom is -0.382 e. The molecule has 0 aliphatic carbocycles. The topological polar surface area (TPSA) is 94.0 Å². The van der Waals surface area contributed by atoms with E-state index in [1.165, 1.54) is 18.2 Å². The van der Waals surface area contributed by atoms with E-state index in [4.69, 9.17) is 10.3 Å². The lowest BCUT2D eigenvalue weighted by molar-refractivity contribution is 0.100. The van der Waals surface area contributed by atoms with Crippen molar-refractivity contribution in [2.75, 3.05) is 11.1 Å². The van der Waals surface area contributed by atoms with Gasteiger partial charge >= 0.3 is 0 Å². The second-order valence-corrected chi connectivity index (χ2v) is 6.02. The third-order valence-electron chi connectivity index (χ3n) is 2.66. The number of nitrogens with one attached hydrogen (secondary N) is 1. The molecule has 0 aliphatic rings. The SMILES string of the molecule is Nc1nc(Nc2ccc(F)cc2)sc1C(=O)c1cc(Br)no1. The molecule has 0 aliphatic heterocycles. The summed E-state index contributed by atoms with van der Waals surface area (Å²) in [4.78, 5) is 16.6. The van der Waals surface area contributed by atoms with Gasteiger partial charge in [-0.25, -0.2) is 9.37 Å². The summed E-state index contributed by atoms with van der Waals surface area (Å²) in [5, 5.41) is 6.97. The number of nitrogen functional groups attached to an aromatic ring is 1. The number of benzene rings is 1. The number of nitrogens with zero attached hydrogens (tertiary/aromatic N) is 2. The van der Waals surface area contributed by atoms with Crippen molar-refractivity contribution in [1.82, 2.24) is 10.1 Å². The van der Waals surface area contributed by atoms with Crippen molar-refractivity contribution in [2.45, 2.75) is 0 Å². The molecule has 1 aromatic carbocycles. The van der Waals surface area contributed by atoms with E-state index in [9.17, 15) is 9.18 Å². The number of nitrogens with two attached hydrogens (primary N) is 1. The summed E-state index contributed by atoms with van der Waals surface area (Å²) in [7, 11) is 0. The highest BCUT2D eigenvalue weighted by molar-refractivity contribution is 9.10. The molecule has 2 heterocycles. The Kier molecular flexibility index (Phi) is 3.90. The fraction of sp³-hybridized carbons (Fsp3) is 0. The highest BCUT2D eigenvalue weighted by Crippen LogP contribution is 2.30. The van der Waals surface area contributed by atoms with Crippen molar-refractivity contribution >= 4 is 49.7 Å². The predicted molar refractivity (Wildman–Crippen MR) is 83.8 cm³/mol. The molecule has 22 heavy (non-hydrogen) atoms. The summed E-state index contributed by atoms with van der Waals surface area (Å²) in [5.41, 5.74) is 6.40. The van der Waals surface area contributed by atoms with Gasteiger partial charge in [0.05, 0.1) is 0 Å². The van der Waals surface area contributed by atoms with Crippen LogP contribution in [0.5, 0.6) is 0 Å². The third kappa shape index (κ3) is 3.00. The van der Waals surface area contributed by atoms with Crippen LogP contribution in [-0.2, 0) is 0 Å². The van der Waals surface area contributed by atoms with Crippen LogP contribution in [0.3, 0.4) is 0 Å². The molecule has 9 heteroatoms. The van der Waals surface area contributed by atoms with Crippen molar-refractivity contribution < 1.29 is 13.7 Å². The number of aromatic nitrogens is 2. The average Bonchev–Trinajstić information content (AvgIpc) is 3.07. The Labute approximate surface area is 136 Å². The van der Waals surface area contributed by atoms with Crippen molar-refractivity contribution in [2.24, 2.45) is 0 Å². The second kappa shape index (κ2) is 5.85. The van der Waals surface area contributed by atoms with Gasteiger partial charge in [-0.1, -0.05) is 16.5 Å². The molecule has 0 saturated carbocycles. The zero-order valence-corrected chi connectivity index (χ0v) is 13.2. The van der Waals surface area contributed by atoms with Crippen LogP contribution in [0.1, 0.15) is 15.4 Å². The lowest BCUT2D eigenvalue weighted by Crippen LogP contribution is -2.01. The molecule has 0 amide bonds. The Morgan fingerprint density at radius 2 is 2.09 bits per heavy atom. The van der Waals surface area contributed by atoms with E-state index in [0.717, 1.165) is 11.3 Å².